The van der Waals surface area contributed by atoms with Crippen molar-refractivity contribution >= 4 is 5.69 Å². The molecule has 0 aromatic heterocycles. The summed E-state index contributed by atoms with van der Waals surface area (Å²) < 4.78 is 0. The van der Waals surface area contributed by atoms with Crippen LogP contribution < -0.4 is 5.32 Å². The Balaban J connectivity index is 2.68. The molecule has 1 aromatic carbocycles. The van der Waals surface area contributed by atoms with Gasteiger partial charge in [-0.15, -0.1) is 0 Å². The smallest absolute Gasteiger partial charge is 0.0800 e. The first-order valence-electron chi connectivity index (χ1n) is 7.53. The molecular weight excluding hydrogens is 234 g/mol. The fourth-order valence-corrected chi connectivity index (χ4v) is 2.54. The van der Waals surface area contributed by atoms with Gasteiger partial charge in [0.1, 0.15) is 0 Å². The fourth-order valence-electron chi connectivity index (χ4n) is 2.54. The predicted octanol–water partition coefficient (Wildman–Crippen LogP) is 3.11. The van der Waals surface area contributed by atoms with E-state index in [1.807, 2.05) is 0 Å². The molecule has 0 amide bonds. The van der Waals surface area contributed by atoms with E-state index in [9.17, 15) is 0 Å². The maximum atomic E-state index is 3.56. The van der Waals surface area contributed by atoms with Gasteiger partial charge in [0.25, 0.3) is 0 Å². The predicted molar refractivity (Wildman–Crippen MR) is 84.6 cm³/mol. The second kappa shape index (κ2) is 8.94. The van der Waals surface area contributed by atoms with Crippen molar-refractivity contribution in [2.24, 2.45) is 0 Å². The average Bonchev–Trinajstić information content (AvgIpc) is 2.47. The highest BCUT2D eigenvalue weighted by molar-refractivity contribution is 5.42. The summed E-state index contributed by atoms with van der Waals surface area (Å²) >= 11 is 0. The molecule has 0 saturated carbocycles. The normalized spacial score (nSPS) is 11.5. The molecule has 0 fully saturated rings. The van der Waals surface area contributed by atoms with E-state index in [0.29, 0.717) is 6.17 Å². The van der Waals surface area contributed by atoms with Crippen molar-refractivity contribution in [3.05, 3.63) is 30.3 Å². The summed E-state index contributed by atoms with van der Waals surface area (Å²) in [6.45, 7) is 14.3. The lowest BCUT2D eigenvalue weighted by Gasteiger charge is -2.38. The Morgan fingerprint density at radius 1 is 0.842 bits per heavy atom. The van der Waals surface area contributed by atoms with Crippen LogP contribution in [0.2, 0.25) is 0 Å². The number of para-hydroxylation sites is 1. The highest BCUT2D eigenvalue weighted by Gasteiger charge is 2.20. The quantitative estimate of drug-likeness (QED) is 0.691. The van der Waals surface area contributed by atoms with Crippen LogP contribution in [0.25, 0.3) is 0 Å². The largest absolute Gasteiger partial charge is 0.382 e. The number of anilines is 1. The van der Waals surface area contributed by atoms with Crippen LogP contribution in [0.15, 0.2) is 30.3 Å². The van der Waals surface area contributed by atoms with E-state index >= 15 is 0 Å². The third-order valence-electron chi connectivity index (χ3n) is 3.73. The second-order valence-corrected chi connectivity index (χ2v) is 4.67. The molecule has 0 aliphatic rings. The molecule has 3 nitrogen and oxygen atoms in total. The van der Waals surface area contributed by atoms with Crippen molar-refractivity contribution in [1.29, 1.82) is 0 Å². The minimum Gasteiger partial charge on any atom is -0.382 e. The highest BCUT2D eigenvalue weighted by Crippen LogP contribution is 2.10. The number of rotatable bonds is 9. The minimum absolute atomic E-state index is 0.463. The van der Waals surface area contributed by atoms with Crippen LogP contribution >= 0.6 is 0 Å². The molecule has 0 heterocycles. The Bertz CT molecular complexity index is 306. The maximum absolute atomic E-state index is 3.56. The monoisotopic (exact) mass is 263 g/mol. The first kappa shape index (κ1) is 16.0. The van der Waals surface area contributed by atoms with E-state index in [0.717, 1.165) is 32.7 Å². The van der Waals surface area contributed by atoms with E-state index in [1.165, 1.54) is 5.69 Å². The highest BCUT2D eigenvalue weighted by atomic mass is 15.4. The Morgan fingerprint density at radius 2 is 1.32 bits per heavy atom. The van der Waals surface area contributed by atoms with Crippen LogP contribution in [0.1, 0.15) is 27.7 Å². The number of hydrogen-bond acceptors (Lipinski definition) is 3. The van der Waals surface area contributed by atoms with Crippen molar-refractivity contribution in [3.8, 4) is 0 Å². The molecule has 0 aliphatic heterocycles. The zero-order valence-corrected chi connectivity index (χ0v) is 12.9. The molecule has 0 aliphatic carbocycles. The first-order chi connectivity index (χ1) is 9.26. The Kier molecular flexibility index (Phi) is 7.53. The van der Waals surface area contributed by atoms with Gasteiger partial charge in [-0.2, -0.15) is 0 Å². The summed E-state index contributed by atoms with van der Waals surface area (Å²) in [5, 5.41) is 3.56. The molecule has 1 aromatic rings. The van der Waals surface area contributed by atoms with E-state index in [-0.39, 0.29) is 0 Å². The Morgan fingerprint density at radius 3 is 1.74 bits per heavy atom. The number of likely N-dealkylation sites (N-methyl/N-ethyl adjacent to an activating group) is 2. The molecule has 19 heavy (non-hydrogen) atoms. The van der Waals surface area contributed by atoms with Gasteiger partial charge in [-0.25, -0.2) is 0 Å². The van der Waals surface area contributed by atoms with Gasteiger partial charge in [0.2, 0.25) is 0 Å². The molecule has 108 valence electrons. The van der Waals surface area contributed by atoms with E-state index in [4.69, 9.17) is 0 Å². The van der Waals surface area contributed by atoms with Crippen molar-refractivity contribution < 1.29 is 0 Å². The third kappa shape index (κ3) is 4.84. The Hall–Kier alpha value is -1.06. The van der Waals surface area contributed by atoms with Crippen LogP contribution in [0.3, 0.4) is 0 Å². The summed E-state index contributed by atoms with van der Waals surface area (Å²) in [5.41, 5.74) is 1.20. The lowest BCUT2D eigenvalue weighted by Crippen LogP contribution is -2.52. The molecule has 0 radical (unpaired) electrons. The van der Waals surface area contributed by atoms with Crippen molar-refractivity contribution in [2.75, 3.05) is 38.0 Å². The maximum Gasteiger partial charge on any atom is 0.0800 e. The van der Waals surface area contributed by atoms with Gasteiger partial charge in [-0.1, -0.05) is 45.9 Å². The molecule has 0 bridgehead atoms. The third-order valence-corrected chi connectivity index (χ3v) is 3.73. The van der Waals surface area contributed by atoms with Gasteiger partial charge in [0.15, 0.2) is 0 Å². The SMILES string of the molecule is CCN(CC)C(CNc1ccccc1)N(CC)CC. The van der Waals surface area contributed by atoms with Gasteiger partial charge >= 0.3 is 0 Å². The number of nitrogens with one attached hydrogen (secondary N) is 1. The second-order valence-electron chi connectivity index (χ2n) is 4.67. The molecular formula is C16H29N3. The molecule has 0 saturated heterocycles. The Labute approximate surface area is 118 Å². The lowest BCUT2D eigenvalue weighted by atomic mass is 10.2. The minimum atomic E-state index is 0.463. The fraction of sp³-hybridized carbons (Fsp3) is 0.625. The first-order valence-corrected chi connectivity index (χ1v) is 7.53. The van der Waals surface area contributed by atoms with Gasteiger partial charge in [-0.05, 0) is 38.3 Å². The summed E-state index contributed by atoms with van der Waals surface area (Å²) in [6, 6.07) is 10.5. The summed E-state index contributed by atoms with van der Waals surface area (Å²) in [5.74, 6) is 0. The van der Waals surface area contributed by atoms with Crippen molar-refractivity contribution in [2.45, 2.75) is 33.9 Å². The van der Waals surface area contributed by atoms with Crippen LogP contribution in [0.5, 0.6) is 0 Å². The summed E-state index contributed by atoms with van der Waals surface area (Å²) in [4.78, 5) is 5.03. The molecule has 0 spiro atoms. The standard InChI is InChI=1S/C16H29N3/c1-5-18(6-2)16(19(7-3)8-4)14-17-15-12-10-9-11-13-15/h9-13,16-17H,5-8,14H2,1-4H3. The molecule has 1 rings (SSSR count). The van der Waals surface area contributed by atoms with Gasteiger partial charge in [0.05, 0.1) is 6.17 Å². The summed E-state index contributed by atoms with van der Waals surface area (Å²) in [6.07, 6.45) is 0.463. The van der Waals surface area contributed by atoms with Gasteiger partial charge < -0.3 is 5.32 Å². The zero-order chi connectivity index (χ0) is 14.1. The van der Waals surface area contributed by atoms with Crippen LogP contribution in [-0.4, -0.2) is 48.7 Å². The van der Waals surface area contributed by atoms with Crippen molar-refractivity contribution in [1.82, 2.24) is 9.80 Å². The molecule has 0 atom stereocenters. The topological polar surface area (TPSA) is 18.5 Å². The van der Waals surface area contributed by atoms with Crippen molar-refractivity contribution in [3.63, 3.8) is 0 Å². The average molecular weight is 263 g/mol. The number of nitrogens with zero attached hydrogens (tertiary/aromatic N) is 2. The van der Waals surface area contributed by atoms with Crippen LogP contribution in [-0.2, 0) is 0 Å². The zero-order valence-electron chi connectivity index (χ0n) is 12.9. The van der Waals surface area contributed by atoms with Crippen LogP contribution in [0.4, 0.5) is 5.69 Å². The molecule has 0 unspecified atom stereocenters. The van der Waals surface area contributed by atoms with Gasteiger partial charge in [0, 0.05) is 12.2 Å². The molecule has 3 heteroatoms. The van der Waals surface area contributed by atoms with E-state index < -0.39 is 0 Å². The number of benzene rings is 1. The molecule has 1 N–H and O–H groups in total. The van der Waals surface area contributed by atoms with Gasteiger partial charge in [-0.3, -0.25) is 9.80 Å². The summed E-state index contributed by atoms with van der Waals surface area (Å²) in [7, 11) is 0. The van der Waals surface area contributed by atoms with E-state index in [2.05, 4.69) is 73.1 Å². The van der Waals surface area contributed by atoms with E-state index in [1.54, 1.807) is 0 Å². The van der Waals surface area contributed by atoms with Crippen LogP contribution in [0, 0.1) is 0 Å². The number of hydrogen-bond donors (Lipinski definition) is 1. The lowest BCUT2D eigenvalue weighted by molar-refractivity contribution is 0.0665.